The molecule has 122 valence electrons. The molecule has 1 rings (SSSR count). The molecule has 0 fully saturated rings. The minimum atomic E-state index is -5.70. The number of hydrogen-bond donors (Lipinski definition) is 2. The van der Waals surface area contributed by atoms with Gasteiger partial charge in [0, 0.05) is 6.07 Å². The summed E-state index contributed by atoms with van der Waals surface area (Å²) in [6.45, 7) is 0. The highest BCUT2D eigenvalue weighted by molar-refractivity contribution is 8.00. The van der Waals surface area contributed by atoms with E-state index in [0.717, 1.165) is 6.07 Å². The Morgan fingerprint density at radius 3 is 2.45 bits per heavy atom. The van der Waals surface area contributed by atoms with Gasteiger partial charge in [-0.05, 0) is 12.1 Å². The quantitative estimate of drug-likeness (QED) is 0.263. The monoisotopic (exact) mass is 359 g/mol. The van der Waals surface area contributed by atoms with E-state index >= 15 is 0 Å². The van der Waals surface area contributed by atoms with E-state index in [-0.39, 0.29) is 10.6 Å². The average Bonchev–Trinajstić information content (AvgIpc) is 2.42. The molecular formula is C9H8F3N3O5S2. The minimum absolute atomic E-state index is 0.172. The standard InChI is InChI=1S/C9H8F3N3O5S2/c10-9(11,12)22(19,20)5-1-2-7(6(3-5)15(17)18)21-4-8(16)14-13/h1-3H,4,13H2,(H,14,16). The summed E-state index contributed by atoms with van der Waals surface area (Å²) in [7, 11) is -5.70. The number of nitrogens with two attached hydrogens (primary N) is 1. The van der Waals surface area contributed by atoms with Gasteiger partial charge in [-0.2, -0.15) is 13.2 Å². The molecule has 0 aliphatic carbocycles. The first-order chi connectivity index (χ1) is 10.0. The van der Waals surface area contributed by atoms with Crippen LogP contribution in [0.1, 0.15) is 0 Å². The van der Waals surface area contributed by atoms with E-state index in [1.165, 1.54) is 0 Å². The van der Waals surface area contributed by atoms with Crippen LogP contribution in [0.25, 0.3) is 0 Å². The molecule has 0 radical (unpaired) electrons. The summed E-state index contributed by atoms with van der Waals surface area (Å²) in [6.07, 6.45) is 0. The molecule has 13 heteroatoms. The summed E-state index contributed by atoms with van der Waals surface area (Å²) in [5.41, 5.74) is -4.67. The van der Waals surface area contributed by atoms with E-state index in [1.54, 1.807) is 5.43 Å². The maximum absolute atomic E-state index is 12.4. The van der Waals surface area contributed by atoms with Crippen LogP contribution in [0.5, 0.6) is 0 Å². The van der Waals surface area contributed by atoms with Crippen molar-refractivity contribution in [3.63, 3.8) is 0 Å². The van der Waals surface area contributed by atoms with Crippen LogP contribution >= 0.6 is 11.8 Å². The maximum atomic E-state index is 12.4. The van der Waals surface area contributed by atoms with Crippen LogP contribution in [0.3, 0.4) is 0 Å². The Morgan fingerprint density at radius 2 is 2.00 bits per heavy atom. The van der Waals surface area contributed by atoms with Gasteiger partial charge in [0.05, 0.1) is 20.5 Å². The van der Waals surface area contributed by atoms with Crippen molar-refractivity contribution in [1.82, 2.24) is 5.43 Å². The number of carbonyl (C=O) groups is 1. The van der Waals surface area contributed by atoms with Crippen molar-refractivity contribution in [2.24, 2.45) is 5.84 Å². The molecule has 1 aromatic carbocycles. The number of nitro benzene ring substituents is 1. The molecule has 0 atom stereocenters. The van der Waals surface area contributed by atoms with Crippen molar-refractivity contribution < 1.29 is 31.3 Å². The van der Waals surface area contributed by atoms with Crippen molar-refractivity contribution in [1.29, 1.82) is 0 Å². The third-order valence-corrected chi connectivity index (χ3v) is 4.81. The molecule has 0 aliphatic rings. The van der Waals surface area contributed by atoms with E-state index in [9.17, 15) is 36.5 Å². The van der Waals surface area contributed by atoms with Gasteiger partial charge in [0.25, 0.3) is 15.5 Å². The molecule has 1 aromatic rings. The predicted octanol–water partition coefficient (Wildman–Crippen LogP) is 0.970. The Kier molecular flexibility index (Phi) is 5.37. The van der Waals surface area contributed by atoms with Crippen LogP contribution in [0.2, 0.25) is 0 Å². The van der Waals surface area contributed by atoms with Gasteiger partial charge in [-0.1, -0.05) is 0 Å². The van der Waals surface area contributed by atoms with Crippen molar-refractivity contribution >= 4 is 33.2 Å². The van der Waals surface area contributed by atoms with E-state index in [0.29, 0.717) is 23.9 Å². The molecule has 0 saturated carbocycles. The van der Waals surface area contributed by atoms with Gasteiger partial charge >= 0.3 is 5.51 Å². The lowest BCUT2D eigenvalue weighted by atomic mass is 10.3. The predicted molar refractivity (Wildman–Crippen MR) is 69.4 cm³/mol. The number of hydrazine groups is 1. The first-order valence-corrected chi connectivity index (χ1v) is 7.69. The van der Waals surface area contributed by atoms with Crippen molar-refractivity contribution in [2.45, 2.75) is 15.3 Å². The number of rotatable bonds is 5. The van der Waals surface area contributed by atoms with E-state index in [4.69, 9.17) is 5.84 Å². The van der Waals surface area contributed by atoms with Gasteiger partial charge in [-0.15, -0.1) is 11.8 Å². The Morgan fingerprint density at radius 1 is 1.41 bits per heavy atom. The Hall–Kier alpha value is -1.86. The zero-order valence-corrected chi connectivity index (χ0v) is 12.1. The molecule has 0 spiro atoms. The second-order valence-electron chi connectivity index (χ2n) is 3.69. The molecule has 0 unspecified atom stereocenters. The number of amides is 1. The van der Waals surface area contributed by atoms with Crippen LogP contribution in [-0.2, 0) is 14.6 Å². The van der Waals surface area contributed by atoms with Crippen LogP contribution < -0.4 is 11.3 Å². The summed E-state index contributed by atoms with van der Waals surface area (Å²) in [5, 5.41) is 10.9. The fraction of sp³-hybridized carbons (Fsp3) is 0.222. The largest absolute Gasteiger partial charge is 0.501 e. The van der Waals surface area contributed by atoms with Gasteiger partial charge in [0.15, 0.2) is 0 Å². The van der Waals surface area contributed by atoms with Gasteiger partial charge in [-0.3, -0.25) is 20.3 Å². The number of nitro groups is 1. The Balaban J connectivity index is 3.27. The molecule has 0 aliphatic heterocycles. The van der Waals surface area contributed by atoms with Gasteiger partial charge in [0.1, 0.15) is 0 Å². The lowest BCUT2D eigenvalue weighted by Gasteiger charge is -2.09. The zero-order chi connectivity index (χ0) is 17.1. The third-order valence-electron chi connectivity index (χ3n) is 2.26. The van der Waals surface area contributed by atoms with Crippen LogP contribution in [-0.4, -0.2) is 30.5 Å². The highest BCUT2D eigenvalue weighted by atomic mass is 32.2. The minimum Gasteiger partial charge on any atom is -0.294 e. The number of hydrogen-bond acceptors (Lipinski definition) is 7. The molecule has 0 aromatic heterocycles. The van der Waals surface area contributed by atoms with Crippen molar-refractivity contribution in [3.8, 4) is 0 Å². The summed E-state index contributed by atoms with van der Waals surface area (Å²) < 4.78 is 59.7. The topological polar surface area (TPSA) is 132 Å². The second kappa shape index (κ2) is 6.50. The maximum Gasteiger partial charge on any atom is 0.501 e. The third kappa shape index (κ3) is 3.86. The fourth-order valence-electron chi connectivity index (χ4n) is 1.25. The highest BCUT2D eigenvalue weighted by Crippen LogP contribution is 2.36. The summed E-state index contributed by atoms with van der Waals surface area (Å²) >= 11 is 0.625. The molecule has 22 heavy (non-hydrogen) atoms. The van der Waals surface area contributed by atoms with Crippen LogP contribution in [0.4, 0.5) is 18.9 Å². The van der Waals surface area contributed by atoms with Gasteiger partial charge in [0.2, 0.25) is 5.91 Å². The molecule has 1 amide bonds. The molecule has 0 heterocycles. The van der Waals surface area contributed by atoms with Crippen molar-refractivity contribution in [3.05, 3.63) is 28.3 Å². The Bertz CT molecular complexity index is 705. The number of benzene rings is 1. The first-order valence-electron chi connectivity index (χ1n) is 5.22. The van der Waals surface area contributed by atoms with E-state index < -0.39 is 36.8 Å². The van der Waals surface area contributed by atoms with Gasteiger partial charge in [-0.25, -0.2) is 14.3 Å². The molecule has 0 bridgehead atoms. The van der Waals surface area contributed by atoms with Crippen LogP contribution in [0, 0.1) is 10.1 Å². The van der Waals surface area contributed by atoms with Crippen LogP contribution in [0.15, 0.2) is 28.0 Å². The van der Waals surface area contributed by atoms with E-state index in [1.807, 2.05) is 0 Å². The first kappa shape index (κ1) is 18.2. The number of nitrogens with zero attached hydrogens (tertiary/aromatic N) is 1. The fourth-order valence-corrected chi connectivity index (χ4v) is 2.84. The van der Waals surface area contributed by atoms with E-state index in [2.05, 4.69) is 0 Å². The van der Waals surface area contributed by atoms with Gasteiger partial charge < -0.3 is 0 Å². The number of halogens is 3. The second-order valence-corrected chi connectivity index (χ2v) is 6.65. The SMILES string of the molecule is NNC(=O)CSc1ccc(S(=O)(=O)C(F)(F)F)cc1[N+](=O)[O-]. The highest BCUT2D eigenvalue weighted by Gasteiger charge is 2.47. The normalized spacial score (nSPS) is 12.0. The number of thioether (sulfide) groups is 1. The lowest BCUT2D eigenvalue weighted by Crippen LogP contribution is -2.31. The number of carbonyl (C=O) groups excluding carboxylic acids is 1. The molecule has 3 N–H and O–H groups in total. The number of sulfone groups is 1. The lowest BCUT2D eigenvalue weighted by molar-refractivity contribution is -0.388. The van der Waals surface area contributed by atoms with Crippen molar-refractivity contribution in [2.75, 3.05) is 5.75 Å². The molecular weight excluding hydrogens is 351 g/mol. The zero-order valence-electron chi connectivity index (χ0n) is 10.5. The smallest absolute Gasteiger partial charge is 0.294 e. The number of nitrogens with one attached hydrogen (secondary N) is 1. The Labute approximate surface area is 125 Å². The summed E-state index contributed by atoms with van der Waals surface area (Å²) in [5.74, 6) is 3.81. The summed E-state index contributed by atoms with van der Waals surface area (Å²) in [4.78, 5) is 19.3. The number of alkyl halides is 3. The average molecular weight is 359 g/mol. The molecule has 0 saturated heterocycles. The summed E-state index contributed by atoms with van der Waals surface area (Å²) in [6, 6.07) is 1.70. The molecule has 8 nitrogen and oxygen atoms in total.